The van der Waals surface area contributed by atoms with Crippen LogP contribution in [0.5, 0.6) is 0 Å². The Morgan fingerprint density at radius 2 is 2.32 bits per heavy atom. The minimum Gasteiger partial charge on any atom is -0.382 e. The molecule has 1 unspecified atom stereocenters. The topological polar surface area (TPSA) is 97.6 Å². The molecule has 2 heterocycles. The molecule has 1 atom stereocenters. The zero-order chi connectivity index (χ0) is 16.2. The molecule has 2 rings (SSSR count). The third-order valence-electron chi connectivity index (χ3n) is 4.03. The predicted molar refractivity (Wildman–Crippen MR) is 82.5 cm³/mol. The van der Waals surface area contributed by atoms with Crippen molar-refractivity contribution in [3.63, 3.8) is 0 Å². The number of rotatable bonds is 6. The lowest BCUT2D eigenvalue weighted by Gasteiger charge is -2.37. The van der Waals surface area contributed by atoms with Gasteiger partial charge in [0.1, 0.15) is 5.82 Å². The molecule has 1 aliphatic rings. The van der Waals surface area contributed by atoms with Crippen LogP contribution < -0.4 is 11.1 Å². The molecule has 120 valence electrons. The van der Waals surface area contributed by atoms with Gasteiger partial charge in [0.2, 0.25) is 5.91 Å². The van der Waals surface area contributed by atoms with E-state index in [4.69, 9.17) is 10.5 Å². The number of likely N-dealkylation sites (tertiary alicyclic amines) is 1. The second-order valence-electron chi connectivity index (χ2n) is 5.51. The van der Waals surface area contributed by atoms with E-state index < -0.39 is 11.4 Å². The summed E-state index contributed by atoms with van der Waals surface area (Å²) in [6, 6.07) is 3.44. The molecule has 1 fully saturated rings. The van der Waals surface area contributed by atoms with Crippen LogP contribution in [0.4, 0.5) is 5.82 Å². The van der Waals surface area contributed by atoms with Gasteiger partial charge in [0.15, 0.2) is 0 Å². The lowest BCUT2D eigenvalue weighted by molar-refractivity contribution is -0.121. The first-order valence-corrected chi connectivity index (χ1v) is 7.26. The molecule has 2 amide bonds. The summed E-state index contributed by atoms with van der Waals surface area (Å²) in [5, 5.41) is 2.92. The average molecular weight is 306 g/mol. The first-order valence-electron chi connectivity index (χ1n) is 7.26. The van der Waals surface area contributed by atoms with Crippen molar-refractivity contribution in [2.75, 3.05) is 32.6 Å². The molecule has 22 heavy (non-hydrogen) atoms. The Morgan fingerprint density at radius 3 is 2.95 bits per heavy atom. The predicted octanol–water partition coefficient (Wildman–Crippen LogP) is 0.620. The Labute approximate surface area is 129 Å². The summed E-state index contributed by atoms with van der Waals surface area (Å²) < 4.78 is 5.27. The monoisotopic (exact) mass is 306 g/mol. The highest BCUT2D eigenvalue weighted by molar-refractivity contribution is 5.99. The molecular formula is C15H22N4O3. The molecule has 0 aliphatic carbocycles. The molecule has 0 spiro atoms. The van der Waals surface area contributed by atoms with Gasteiger partial charge in [-0.25, -0.2) is 4.98 Å². The number of hydrogen-bond donors (Lipinski definition) is 2. The number of nitrogens with one attached hydrogen (secondary N) is 1. The summed E-state index contributed by atoms with van der Waals surface area (Å²) in [6.45, 7) is 0.865. The van der Waals surface area contributed by atoms with Gasteiger partial charge in [0.05, 0.1) is 24.1 Å². The van der Waals surface area contributed by atoms with Gasteiger partial charge in [-0.05, 0) is 25.0 Å². The third kappa shape index (κ3) is 3.04. The average Bonchev–Trinajstić information content (AvgIpc) is 2.89. The van der Waals surface area contributed by atoms with Gasteiger partial charge >= 0.3 is 0 Å². The second-order valence-corrected chi connectivity index (χ2v) is 5.51. The number of primary amides is 1. The van der Waals surface area contributed by atoms with Crippen LogP contribution in [0.2, 0.25) is 0 Å². The highest BCUT2D eigenvalue weighted by Crippen LogP contribution is 2.34. The van der Waals surface area contributed by atoms with Crippen molar-refractivity contribution >= 4 is 17.6 Å². The van der Waals surface area contributed by atoms with Gasteiger partial charge < -0.3 is 20.7 Å². The van der Waals surface area contributed by atoms with Crippen LogP contribution in [0.3, 0.4) is 0 Å². The van der Waals surface area contributed by atoms with E-state index >= 15 is 0 Å². The van der Waals surface area contributed by atoms with Crippen LogP contribution in [0.25, 0.3) is 0 Å². The molecule has 1 aromatic heterocycles. The lowest BCUT2D eigenvalue weighted by atomic mass is 9.92. The quantitative estimate of drug-likeness (QED) is 0.803. The number of methoxy groups -OCH3 is 1. The number of nitrogens with zero attached hydrogens (tertiary/aromatic N) is 2. The minimum absolute atomic E-state index is 0.0989. The summed E-state index contributed by atoms with van der Waals surface area (Å²) in [4.78, 5) is 30.3. The van der Waals surface area contributed by atoms with E-state index in [9.17, 15) is 9.59 Å². The molecular weight excluding hydrogens is 284 g/mol. The van der Waals surface area contributed by atoms with Crippen LogP contribution in [-0.2, 0) is 9.53 Å². The van der Waals surface area contributed by atoms with Crippen LogP contribution in [-0.4, -0.2) is 54.5 Å². The number of ether oxygens (including phenoxy) is 1. The lowest BCUT2D eigenvalue weighted by Crippen LogP contribution is -2.52. The number of amides is 2. The maximum atomic E-state index is 12.9. The van der Waals surface area contributed by atoms with Crippen LogP contribution in [0.15, 0.2) is 18.3 Å². The standard InChI is InChI=1S/C15H22N4O3/c1-17-13-11(5-3-7-18-13)14(21)19-8-4-6-15(19,10-22-2)9-12(16)20/h3,5,7H,4,6,8-10H2,1-2H3,(H2,16,20)(H,17,18). The van der Waals surface area contributed by atoms with E-state index in [1.165, 1.54) is 0 Å². The van der Waals surface area contributed by atoms with Gasteiger partial charge in [-0.2, -0.15) is 0 Å². The highest BCUT2D eigenvalue weighted by Gasteiger charge is 2.45. The summed E-state index contributed by atoms with van der Waals surface area (Å²) in [6.07, 6.45) is 3.24. The van der Waals surface area contributed by atoms with Crippen LogP contribution >= 0.6 is 0 Å². The van der Waals surface area contributed by atoms with Crippen molar-refractivity contribution < 1.29 is 14.3 Å². The number of aromatic nitrogens is 1. The normalized spacial score (nSPS) is 20.9. The molecule has 1 saturated heterocycles. The Morgan fingerprint density at radius 1 is 1.55 bits per heavy atom. The van der Waals surface area contributed by atoms with Crippen molar-refractivity contribution in [2.45, 2.75) is 24.8 Å². The first-order chi connectivity index (χ1) is 10.5. The van der Waals surface area contributed by atoms with E-state index in [0.29, 0.717) is 24.3 Å². The third-order valence-corrected chi connectivity index (χ3v) is 4.03. The Balaban J connectivity index is 2.35. The SMILES string of the molecule is CNc1ncccc1C(=O)N1CCCC1(COC)CC(N)=O. The van der Waals surface area contributed by atoms with Crippen LogP contribution in [0.1, 0.15) is 29.6 Å². The number of carbonyl (C=O) groups excluding carboxylic acids is 2. The summed E-state index contributed by atoms with van der Waals surface area (Å²) >= 11 is 0. The molecule has 3 N–H and O–H groups in total. The number of pyridine rings is 1. The van der Waals surface area contributed by atoms with Gasteiger partial charge in [-0.3, -0.25) is 9.59 Å². The van der Waals surface area contributed by atoms with Gasteiger partial charge in [0, 0.05) is 26.9 Å². The number of anilines is 1. The Bertz CT molecular complexity index is 563. The smallest absolute Gasteiger partial charge is 0.258 e. The fourth-order valence-electron chi connectivity index (χ4n) is 3.16. The van der Waals surface area contributed by atoms with Crippen molar-refractivity contribution in [3.05, 3.63) is 23.9 Å². The number of hydrogen-bond acceptors (Lipinski definition) is 5. The second kappa shape index (κ2) is 6.74. The molecule has 0 saturated carbocycles. The van der Waals surface area contributed by atoms with Crippen molar-refractivity contribution in [1.29, 1.82) is 0 Å². The van der Waals surface area contributed by atoms with E-state index in [2.05, 4.69) is 10.3 Å². The summed E-state index contributed by atoms with van der Waals surface area (Å²) in [5.74, 6) is -0.0742. The fraction of sp³-hybridized carbons (Fsp3) is 0.533. The molecule has 0 bridgehead atoms. The fourth-order valence-corrected chi connectivity index (χ4v) is 3.16. The number of nitrogens with two attached hydrogens (primary N) is 1. The van der Waals surface area contributed by atoms with E-state index in [1.54, 1.807) is 37.4 Å². The molecule has 0 aromatic carbocycles. The zero-order valence-corrected chi connectivity index (χ0v) is 13.0. The minimum atomic E-state index is -0.668. The van der Waals surface area contributed by atoms with Crippen molar-refractivity contribution in [1.82, 2.24) is 9.88 Å². The summed E-state index contributed by atoms with van der Waals surface area (Å²) in [5.41, 5.74) is 5.20. The maximum Gasteiger partial charge on any atom is 0.258 e. The maximum absolute atomic E-state index is 12.9. The van der Waals surface area contributed by atoms with Crippen LogP contribution in [0, 0.1) is 0 Å². The van der Waals surface area contributed by atoms with Crippen molar-refractivity contribution in [2.24, 2.45) is 5.73 Å². The number of carbonyl (C=O) groups is 2. The molecule has 1 aliphatic heterocycles. The van der Waals surface area contributed by atoms with Crippen molar-refractivity contribution in [3.8, 4) is 0 Å². The molecule has 7 nitrogen and oxygen atoms in total. The largest absolute Gasteiger partial charge is 0.382 e. The zero-order valence-electron chi connectivity index (χ0n) is 13.0. The molecule has 7 heteroatoms. The van der Waals surface area contributed by atoms with Gasteiger partial charge in [-0.1, -0.05) is 0 Å². The molecule has 1 aromatic rings. The van der Waals surface area contributed by atoms with Gasteiger partial charge in [-0.15, -0.1) is 0 Å². The summed E-state index contributed by atoms with van der Waals surface area (Å²) in [7, 11) is 3.28. The first kappa shape index (κ1) is 16.2. The van der Waals surface area contributed by atoms with E-state index in [-0.39, 0.29) is 18.9 Å². The van der Waals surface area contributed by atoms with Gasteiger partial charge in [0.25, 0.3) is 5.91 Å². The molecule has 0 radical (unpaired) electrons. The highest BCUT2D eigenvalue weighted by atomic mass is 16.5. The Hall–Kier alpha value is -2.15. The Kier molecular flexibility index (Phi) is 4.97. The van der Waals surface area contributed by atoms with E-state index in [1.807, 2.05) is 0 Å². The van der Waals surface area contributed by atoms with E-state index in [0.717, 1.165) is 6.42 Å².